The Balaban J connectivity index is 1.41. The minimum absolute atomic E-state index is 0.150. The lowest BCUT2D eigenvalue weighted by molar-refractivity contribution is -0.123. The number of ether oxygens (including phenoxy) is 2. The zero-order chi connectivity index (χ0) is 27.4. The van der Waals surface area contributed by atoms with Gasteiger partial charge >= 0.3 is 11.9 Å². The van der Waals surface area contributed by atoms with Crippen LogP contribution >= 0.6 is 22.7 Å². The summed E-state index contributed by atoms with van der Waals surface area (Å²) in [6.45, 7) is 5.54. The maximum absolute atomic E-state index is 12.9. The molecule has 1 aliphatic carbocycles. The van der Waals surface area contributed by atoms with Crippen LogP contribution in [0.1, 0.15) is 58.3 Å². The molecule has 0 aliphatic heterocycles. The molecule has 3 aromatic rings. The second kappa shape index (κ2) is 11.7. The number of anilines is 2. The third kappa shape index (κ3) is 6.25. The lowest BCUT2D eigenvalue weighted by atomic mass is 9.88. The van der Waals surface area contributed by atoms with Gasteiger partial charge in [0.1, 0.15) is 9.21 Å². The number of nitrogens with one attached hydrogen (secondary N) is 2. The number of hydrogen-bond donors (Lipinski definition) is 2. The van der Waals surface area contributed by atoms with E-state index < -0.39 is 34.0 Å². The Kier molecular flexibility index (Phi) is 8.54. The highest BCUT2D eigenvalue weighted by Gasteiger charge is 2.30. The van der Waals surface area contributed by atoms with Gasteiger partial charge in [0, 0.05) is 10.6 Å². The number of carbonyl (C=O) groups excluding carboxylic acids is 3. The lowest BCUT2D eigenvalue weighted by Gasteiger charge is -2.18. The van der Waals surface area contributed by atoms with Crippen LogP contribution in [0.15, 0.2) is 46.0 Å². The van der Waals surface area contributed by atoms with Gasteiger partial charge in [0.25, 0.3) is 15.9 Å². The predicted molar refractivity (Wildman–Crippen MR) is 147 cm³/mol. The number of hydrogen-bond acceptors (Lipinski definition) is 9. The molecule has 38 heavy (non-hydrogen) atoms. The van der Waals surface area contributed by atoms with Crippen molar-refractivity contribution in [2.45, 2.75) is 50.3 Å². The van der Waals surface area contributed by atoms with E-state index in [2.05, 4.69) is 17.0 Å². The Hall–Kier alpha value is -3.22. The molecule has 0 fully saturated rings. The first-order valence-electron chi connectivity index (χ1n) is 12.1. The minimum atomic E-state index is -3.71. The summed E-state index contributed by atoms with van der Waals surface area (Å²) in [7, 11) is -3.71. The molecule has 1 aromatic carbocycles. The van der Waals surface area contributed by atoms with Gasteiger partial charge in [-0.3, -0.25) is 9.52 Å². The van der Waals surface area contributed by atoms with Crippen LogP contribution < -0.4 is 10.0 Å². The molecule has 0 saturated carbocycles. The quantitative estimate of drug-likeness (QED) is 0.339. The molecule has 0 spiro atoms. The number of carbonyl (C=O) groups is 3. The molecule has 9 nitrogen and oxygen atoms in total. The fourth-order valence-corrected chi connectivity index (χ4v) is 7.50. The van der Waals surface area contributed by atoms with Crippen LogP contribution in [0.4, 0.5) is 10.7 Å². The summed E-state index contributed by atoms with van der Waals surface area (Å²) in [6, 6.07) is 8.83. The van der Waals surface area contributed by atoms with Crippen LogP contribution in [0.5, 0.6) is 0 Å². The third-order valence-corrected chi connectivity index (χ3v) is 9.96. The summed E-state index contributed by atoms with van der Waals surface area (Å²) in [5, 5.41) is 4.82. The standard InChI is InChI=1S/C26H28N2O7S3/c1-4-34-26(31)22-19-12-7-15(2)14-20(19)37-24(22)27-23(29)16(3)35-25(30)17-8-10-18(11-9-17)28-38(32,33)21-6-5-13-36-21/h5-6,8-11,13,15-16,28H,4,7,12,14H2,1-3H3,(H,27,29)/t15-,16-/m1/s1. The van der Waals surface area contributed by atoms with Crippen molar-refractivity contribution in [3.63, 3.8) is 0 Å². The molecule has 0 unspecified atom stereocenters. The molecule has 4 rings (SSSR count). The highest BCUT2D eigenvalue weighted by Crippen LogP contribution is 2.40. The molecule has 2 heterocycles. The van der Waals surface area contributed by atoms with Crippen molar-refractivity contribution in [3.05, 3.63) is 63.3 Å². The highest BCUT2D eigenvalue weighted by atomic mass is 32.2. The van der Waals surface area contributed by atoms with Crippen LogP contribution in [0, 0.1) is 5.92 Å². The number of sulfonamides is 1. The van der Waals surface area contributed by atoms with Crippen molar-refractivity contribution in [2.24, 2.45) is 5.92 Å². The number of esters is 2. The normalized spacial score (nSPS) is 15.7. The minimum Gasteiger partial charge on any atom is -0.462 e. The zero-order valence-corrected chi connectivity index (χ0v) is 23.6. The third-order valence-electron chi connectivity index (χ3n) is 6.01. The Labute approximate surface area is 229 Å². The van der Waals surface area contributed by atoms with E-state index in [1.807, 2.05) is 0 Å². The van der Waals surface area contributed by atoms with Crippen molar-refractivity contribution < 1.29 is 32.3 Å². The van der Waals surface area contributed by atoms with E-state index in [4.69, 9.17) is 9.47 Å². The highest BCUT2D eigenvalue weighted by molar-refractivity contribution is 7.94. The average Bonchev–Trinajstić information content (AvgIpc) is 3.53. The van der Waals surface area contributed by atoms with Crippen molar-refractivity contribution in [2.75, 3.05) is 16.6 Å². The van der Waals surface area contributed by atoms with Gasteiger partial charge in [0.05, 0.1) is 17.7 Å². The number of rotatable bonds is 9. The molecule has 0 bridgehead atoms. The Morgan fingerprint density at radius 1 is 1.13 bits per heavy atom. The maximum Gasteiger partial charge on any atom is 0.341 e. The van der Waals surface area contributed by atoms with Crippen LogP contribution in [-0.2, 0) is 37.1 Å². The molecule has 1 amide bonds. The van der Waals surface area contributed by atoms with Crippen molar-refractivity contribution >= 4 is 61.2 Å². The number of thiophene rings is 2. The first-order chi connectivity index (χ1) is 18.1. The first kappa shape index (κ1) is 27.8. The van der Waals surface area contributed by atoms with E-state index >= 15 is 0 Å². The van der Waals surface area contributed by atoms with Gasteiger partial charge in [-0.2, -0.15) is 0 Å². The summed E-state index contributed by atoms with van der Waals surface area (Å²) in [5.41, 5.74) is 1.73. The molecular formula is C26H28N2O7S3. The van der Waals surface area contributed by atoms with E-state index in [9.17, 15) is 22.8 Å². The Morgan fingerprint density at radius 3 is 2.53 bits per heavy atom. The molecule has 2 atom stereocenters. The SMILES string of the molecule is CCOC(=O)c1c(NC(=O)[C@@H](C)OC(=O)c2ccc(NS(=O)(=O)c3cccs3)cc2)sc2c1CC[C@@H](C)C2. The van der Waals surface area contributed by atoms with E-state index in [0.717, 1.165) is 41.0 Å². The number of benzene rings is 1. The van der Waals surface area contributed by atoms with Gasteiger partial charge in [0.2, 0.25) is 0 Å². The maximum atomic E-state index is 12.9. The summed E-state index contributed by atoms with van der Waals surface area (Å²) in [5.74, 6) is -1.31. The van der Waals surface area contributed by atoms with Gasteiger partial charge in [-0.05, 0) is 80.3 Å². The molecule has 202 valence electrons. The molecule has 0 radical (unpaired) electrons. The molecular weight excluding hydrogens is 548 g/mol. The topological polar surface area (TPSA) is 128 Å². The summed E-state index contributed by atoms with van der Waals surface area (Å²) in [4.78, 5) is 39.3. The number of fused-ring (bicyclic) bond motifs is 1. The van der Waals surface area contributed by atoms with Crippen molar-refractivity contribution in [1.82, 2.24) is 0 Å². The van der Waals surface area contributed by atoms with Crippen LogP contribution in [0.3, 0.4) is 0 Å². The predicted octanol–water partition coefficient (Wildman–Crippen LogP) is 5.10. The molecule has 1 aliphatic rings. The number of amides is 1. The van der Waals surface area contributed by atoms with Crippen LogP contribution in [0.2, 0.25) is 0 Å². The zero-order valence-electron chi connectivity index (χ0n) is 21.1. The average molecular weight is 577 g/mol. The van der Waals surface area contributed by atoms with E-state index in [1.54, 1.807) is 18.4 Å². The van der Waals surface area contributed by atoms with Gasteiger partial charge < -0.3 is 14.8 Å². The summed E-state index contributed by atoms with van der Waals surface area (Å²) in [6.07, 6.45) is 1.37. The smallest absolute Gasteiger partial charge is 0.341 e. The summed E-state index contributed by atoms with van der Waals surface area (Å²) >= 11 is 2.45. The molecule has 12 heteroatoms. The first-order valence-corrected chi connectivity index (χ1v) is 15.3. The monoisotopic (exact) mass is 576 g/mol. The van der Waals surface area contributed by atoms with Gasteiger partial charge in [0.15, 0.2) is 6.10 Å². The van der Waals surface area contributed by atoms with Crippen molar-refractivity contribution in [1.29, 1.82) is 0 Å². The molecule has 2 aromatic heterocycles. The van der Waals surface area contributed by atoms with Gasteiger partial charge in [-0.25, -0.2) is 18.0 Å². The molecule has 2 N–H and O–H groups in total. The van der Waals surface area contributed by atoms with Crippen molar-refractivity contribution in [3.8, 4) is 0 Å². The van der Waals surface area contributed by atoms with E-state index in [1.165, 1.54) is 48.6 Å². The second-order valence-electron chi connectivity index (χ2n) is 8.93. The largest absolute Gasteiger partial charge is 0.462 e. The fourth-order valence-electron chi connectivity index (χ4n) is 4.05. The Morgan fingerprint density at radius 2 is 1.87 bits per heavy atom. The van der Waals surface area contributed by atoms with Gasteiger partial charge in [-0.1, -0.05) is 13.0 Å². The summed E-state index contributed by atoms with van der Waals surface area (Å²) < 4.78 is 37.9. The van der Waals surface area contributed by atoms with E-state index in [0.29, 0.717) is 16.5 Å². The Bertz CT molecular complexity index is 1430. The van der Waals surface area contributed by atoms with E-state index in [-0.39, 0.29) is 22.1 Å². The second-order valence-corrected chi connectivity index (χ2v) is 12.9. The fraction of sp³-hybridized carbons (Fsp3) is 0.346. The molecule has 0 saturated heterocycles. The lowest BCUT2D eigenvalue weighted by Crippen LogP contribution is -2.30. The van der Waals surface area contributed by atoms with Crippen LogP contribution in [0.25, 0.3) is 0 Å². The van der Waals surface area contributed by atoms with Gasteiger partial charge in [-0.15, -0.1) is 22.7 Å². The van der Waals surface area contributed by atoms with Crippen LogP contribution in [-0.4, -0.2) is 39.0 Å².